The average Bonchev–Trinajstić information content (AvgIpc) is 2.87. The molecule has 2 N–H and O–H groups in total. The van der Waals surface area contributed by atoms with Crippen molar-refractivity contribution in [2.24, 2.45) is 5.73 Å². The molecule has 1 aliphatic heterocycles. The van der Waals surface area contributed by atoms with Crippen molar-refractivity contribution in [2.45, 2.75) is 32.4 Å². The fourth-order valence-corrected chi connectivity index (χ4v) is 3.28. The van der Waals surface area contributed by atoms with E-state index in [-0.39, 0.29) is 0 Å². The van der Waals surface area contributed by atoms with Crippen molar-refractivity contribution in [3.63, 3.8) is 0 Å². The molecule has 19 heavy (non-hydrogen) atoms. The highest BCUT2D eigenvalue weighted by atomic mass is 32.1. The molecule has 0 radical (unpaired) electrons. The fourth-order valence-electron chi connectivity index (χ4n) is 2.36. The van der Waals surface area contributed by atoms with Crippen molar-refractivity contribution in [2.75, 3.05) is 26.2 Å². The van der Waals surface area contributed by atoms with Crippen LogP contribution in [0, 0.1) is 11.8 Å². The predicted octanol–water partition coefficient (Wildman–Crippen LogP) is 2.06. The molecular formula is C15H22N2OS. The number of thiophene rings is 1. The van der Waals surface area contributed by atoms with Crippen molar-refractivity contribution in [1.29, 1.82) is 0 Å². The highest BCUT2D eigenvalue weighted by Gasteiger charge is 2.19. The van der Waals surface area contributed by atoms with E-state index >= 15 is 0 Å². The molecule has 0 aromatic carbocycles. The normalized spacial score (nSPS) is 17.2. The lowest BCUT2D eigenvalue weighted by molar-refractivity contribution is 0.0127. The number of nitrogens with two attached hydrogens (primary N) is 1. The second-order valence-corrected chi connectivity index (χ2v) is 5.87. The maximum Gasteiger partial charge on any atom is 0.0772 e. The van der Waals surface area contributed by atoms with Gasteiger partial charge >= 0.3 is 0 Å². The first-order valence-corrected chi connectivity index (χ1v) is 7.75. The fraction of sp³-hybridized carbons (Fsp3) is 0.600. The third-order valence-electron chi connectivity index (χ3n) is 3.29. The second-order valence-electron chi connectivity index (χ2n) is 4.70. The molecule has 4 heteroatoms. The Labute approximate surface area is 119 Å². The van der Waals surface area contributed by atoms with Gasteiger partial charge in [0.25, 0.3) is 0 Å². The van der Waals surface area contributed by atoms with Crippen LogP contribution < -0.4 is 5.73 Å². The number of likely N-dealkylation sites (tertiary alicyclic amines) is 1. The van der Waals surface area contributed by atoms with Crippen LogP contribution in [0.2, 0.25) is 0 Å². The van der Waals surface area contributed by atoms with E-state index in [2.05, 4.69) is 35.8 Å². The molecular weight excluding hydrogens is 256 g/mol. The van der Waals surface area contributed by atoms with Gasteiger partial charge < -0.3 is 10.5 Å². The molecule has 1 fully saturated rings. The summed E-state index contributed by atoms with van der Waals surface area (Å²) >= 11 is 1.78. The maximum absolute atomic E-state index is 5.68. The average molecular weight is 278 g/mol. The van der Waals surface area contributed by atoms with Crippen molar-refractivity contribution in [1.82, 2.24) is 4.90 Å². The molecule has 0 aliphatic carbocycles. The van der Waals surface area contributed by atoms with Crippen LogP contribution in [0.25, 0.3) is 0 Å². The minimum Gasteiger partial charge on any atom is -0.378 e. The molecule has 1 saturated heterocycles. The number of rotatable bonds is 4. The summed E-state index contributed by atoms with van der Waals surface area (Å²) in [6, 6.07) is 4.27. The summed E-state index contributed by atoms with van der Waals surface area (Å²) in [4.78, 5) is 5.00. The first kappa shape index (κ1) is 14.5. The lowest BCUT2D eigenvalue weighted by atomic mass is 10.1. The number of piperidine rings is 1. The Bertz CT molecular complexity index is 438. The second kappa shape index (κ2) is 7.66. The molecule has 0 saturated carbocycles. The monoisotopic (exact) mass is 278 g/mol. The lowest BCUT2D eigenvalue weighted by Crippen LogP contribution is -2.36. The number of hydrogen-bond donors (Lipinski definition) is 1. The van der Waals surface area contributed by atoms with E-state index in [0.29, 0.717) is 12.6 Å². The zero-order chi connectivity index (χ0) is 13.5. The van der Waals surface area contributed by atoms with Gasteiger partial charge in [-0.2, -0.15) is 0 Å². The van der Waals surface area contributed by atoms with Gasteiger partial charge in [-0.25, -0.2) is 0 Å². The van der Waals surface area contributed by atoms with E-state index < -0.39 is 0 Å². The summed E-state index contributed by atoms with van der Waals surface area (Å²) in [6.45, 7) is 6.63. The van der Waals surface area contributed by atoms with Crippen molar-refractivity contribution >= 4 is 11.3 Å². The van der Waals surface area contributed by atoms with Crippen LogP contribution in [-0.4, -0.2) is 37.2 Å². The van der Waals surface area contributed by atoms with Gasteiger partial charge in [0.1, 0.15) is 0 Å². The van der Waals surface area contributed by atoms with E-state index in [0.717, 1.165) is 44.0 Å². The van der Waals surface area contributed by atoms with E-state index in [4.69, 9.17) is 10.5 Å². The summed E-state index contributed by atoms with van der Waals surface area (Å²) < 4.78 is 5.68. The Hall–Kier alpha value is -0.860. The van der Waals surface area contributed by atoms with Crippen LogP contribution in [0.1, 0.15) is 29.5 Å². The molecule has 0 unspecified atom stereocenters. The number of hydrogen-bond acceptors (Lipinski definition) is 4. The van der Waals surface area contributed by atoms with Crippen molar-refractivity contribution in [3.05, 3.63) is 21.9 Å². The lowest BCUT2D eigenvalue weighted by Gasteiger charge is -2.31. The molecule has 0 bridgehead atoms. The molecule has 2 rings (SSSR count). The number of nitrogens with zero attached hydrogens (tertiary/aromatic N) is 1. The largest absolute Gasteiger partial charge is 0.378 e. The molecule has 1 aromatic rings. The van der Waals surface area contributed by atoms with Gasteiger partial charge in [0.05, 0.1) is 17.5 Å². The molecule has 104 valence electrons. The molecule has 3 nitrogen and oxygen atoms in total. The molecule has 0 spiro atoms. The first-order chi connectivity index (χ1) is 9.31. The minimum atomic E-state index is 0.429. The third kappa shape index (κ3) is 4.63. The van der Waals surface area contributed by atoms with Crippen molar-refractivity contribution in [3.8, 4) is 11.8 Å². The minimum absolute atomic E-state index is 0.429. The van der Waals surface area contributed by atoms with Gasteiger partial charge in [-0.15, -0.1) is 11.3 Å². The molecule has 0 amide bonds. The van der Waals surface area contributed by atoms with Crippen LogP contribution >= 0.6 is 11.3 Å². The Balaban J connectivity index is 1.80. The van der Waals surface area contributed by atoms with E-state index in [1.807, 2.05) is 0 Å². The summed E-state index contributed by atoms with van der Waals surface area (Å²) in [6.07, 6.45) is 2.77. The van der Waals surface area contributed by atoms with Gasteiger partial charge in [-0.1, -0.05) is 11.8 Å². The SMILES string of the molecule is CCOC1CCN(Cc2ccc(C#CCN)s2)CC1. The molecule has 0 atom stereocenters. The van der Waals surface area contributed by atoms with E-state index in [1.54, 1.807) is 11.3 Å². The van der Waals surface area contributed by atoms with Gasteiger partial charge in [0.15, 0.2) is 0 Å². The predicted molar refractivity (Wildman–Crippen MR) is 80.2 cm³/mol. The van der Waals surface area contributed by atoms with Crippen LogP contribution in [0.15, 0.2) is 12.1 Å². The van der Waals surface area contributed by atoms with Crippen LogP contribution in [0.4, 0.5) is 0 Å². The van der Waals surface area contributed by atoms with Gasteiger partial charge in [-0.3, -0.25) is 4.90 Å². The number of ether oxygens (including phenoxy) is 1. The highest BCUT2D eigenvalue weighted by molar-refractivity contribution is 7.12. The van der Waals surface area contributed by atoms with E-state index in [9.17, 15) is 0 Å². The maximum atomic E-state index is 5.68. The van der Waals surface area contributed by atoms with Crippen LogP contribution in [0.5, 0.6) is 0 Å². The summed E-state index contributed by atoms with van der Waals surface area (Å²) in [5.74, 6) is 5.99. The molecule has 2 heterocycles. The molecule has 1 aromatic heterocycles. The quantitative estimate of drug-likeness (QED) is 0.857. The Morgan fingerprint density at radius 3 is 2.89 bits per heavy atom. The van der Waals surface area contributed by atoms with Gasteiger partial charge in [-0.05, 0) is 31.9 Å². The Kier molecular flexibility index (Phi) is 5.87. The smallest absolute Gasteiger partial charge is 0.0772 e. The van der Waals surface area contributed by atoms with Crippen LogP contribution in [-0.2, 0) is 11.3 Å². The Morgan fingerprint density at radius 2 is 2.21 bits per heavy atom. The van der Waals surface area contributed by atoms with Gasteiger partial charge in [0, 0.05) is 31.1 Å². The van der Waals surface area contributed by atoms with E-state index in [1.165, 1.54) is 4.88 Å². The Morgan fingerprint density at radius 1 is 1.42 bits per heavy atom. The third-order valence-corrected chi connectivity index (χ3v) is 4.28. The standard InChI is InChI=1S/C15H22N2OS/c1-2-18-13-7-10-17(11-8-13)12-15-6-5-14(19-15)4-3-9-16/h5-6,13H,2,7-12,16H2,1H3. The van der Waals surface area contributed by atoms with Crippen LogP contribution in [0.3, 0.4) is 0 Å². The summed E-state index contributed by atoms with van der Waals surface area (Å²) in [5.41, 5.74) is 5.38. The van der Waals surface area contributed by atoms with Gasteiger partial charge in [0.2, 0.25) is 0 Å². The van der Waals surface area contributed by atoms with Crippen molar-refractivity contribution < 1.29 is 4.74 Å². The summed E-state index contributed by atoms with van der Waals surface area (Å²) in [5, 5.41) is 0. The first-order valence-electron chi connectivity index (χ1n) is 6.93. The highest BCUT2D eigenvalue weighted by Crippen LogP contribution is 2.20. The zero-order valence-electron chi connectivity index (χ0n) is 11.5. The summed E-state index contributed by atoms with van der Waals surface area (Å²) in [7, 11) is 0. The molecule has 1 aliphatic rings. The topological polar surface area (TPSA) is 38.5 Å². The zero-order valence-corrected chi connectivity index (χ0v) is 12.3.